The van der Waals surface area contributed by atoms with E-state index >= 15 is 0 Å². The summed E-state index contributed by atoms with van der Waals surface area (Å²) < 4.78 is 0. The molecule has 3 heteroatoms. The molecule has 0 heterocycles. The summed E-state index contributed by atoms with van der Waals surface area (Å²) in [5, 5.41) is 3.02. The molecular formula is C18H22N2O. The molecule has 0 spiro atoms. The fourth-order valence-electron chi connectivity index (χ4n) is 2.77. The minimum absolute atomic E-state index is 0.0817. The lowest BCUT2D eigenvalue weighted by Gasteiger charge is -2.16. The third-order valence-corrected chi connectivity index (χ3v) is 3.86. The summed E-state index contributed by atoms with van der Waals surface area (Å²) in [5.41, 5.74) is 13.2. The number of benzene rings is 2. The fraction of sp³-hybridized carbons (Fsp3) is 0.278. The summed E-state index contributed by atoms with van der Waals surface area (Å²) in [6.07, 6.45) is 0. The lowest BCUT2D eigenvalue weighted by atomic mass is 9.98. The third-order valence-electron chi connectivity index (χ3n) is 3.86. The number of rotatable bonds is 2. The summed E-state index contributed by atoms with van der Waals surface area (Å²) >= 11 is 0. The molecule has 0 aromatic heterocycles. The van der Waals surface area contributed by atoms with Gasteiger partial charge in [0.15, 0.2) is 0 Å². The lowest BCUT2D eigenvalue weighted by Crippen LogP contribution is -2.17. The number of anilines is 2. The number of amides is 1. The van der Waals surface area contributed by atoms with E-state index < -0.39 is 0 Å². The molecule has 2 aromatic rings. The zero-order chi connectivity index (χ0) is 15.7. The highest BCUT2D eigenvalue weighted by Gasteiger charge is 2.15. The largest absolute Gasteiger partial charge is 0.398 e. The van der Waals surface area contributed by atoms with Crippen LogP contribution in [0.25, 0.3) is 0 Å². The molecule has 110 valence electrons. The first kappa shape index (κ1) is 15.1. The van der Waals surface area contributed by atoms with Crippen LogP contribution in [0.5, 0.6) is 0 Å². The molecule has 0 aliphatic heterocycles. The average molecular weight is 282 g/mol. The van der Waals surface area contributed by atoms with E-state index in [2.05, 4.69) is 5.32 Å². The summed E-state index contributed by atoms with van der Waals surface area (Å²) in [4.78, 5) is 12.6. The van der Waals surface area contributed by atoms with E-state index in [0.717, 1.165) is 39.1 Å². The molecule has 2 aromatic carbocycles. The number of aryl methyl sites for hydroxylation is 4. The van der Waals surface area contributed by atoms with E-state index in [1.807, 2.05) is 58.9 Å². The van der Waals surface area contributed by atoms with Crippen molar-refractivity contribution >= 4 is 17.3 Å². The fourth-order valence-corrected chi connectivity index (χ4v) is 2.77. The average Bonchev–Trinajstić information content (AvgIpc) is 2.38. The van der Waals surface area contributed by atoms with E-state index in [1.165, 1.54) is 0 Å². The van der Waals surface area contributed by atoms with E-state index in [4.69, 9.17) is 5.73 Å². The van der Waals surface area contributed by atoms with Gasteiger partial charge in [0.05, 0.1) is 0 Å². The highest BCUT2D eigenvalue weighted by atomic mass is 16.1. The Kier molecular flexibility index (Phi) is 4.03. The third kappa shape index (κ3) is 2.92. The van der Waals surface area contributed by atoms with Gasteiger partial charge in [0.25, 0.3) is 5.91 Å². The molecule has 0 unspecified atom stereocenters. The van der Waals surface area contributed by atoms with Crippen LogP contribution in [0.1, 0.15) is 38.2 Å². The number of hydrogen-bond acceptors (Lipinski definition) is 2. The van der Waals surface area contributed by atoms with Crippen molar-refractivity contribution in [2.75, 3.05) is 11.1 Å². The van der Waals surface area contributed by atoms with Crippen molar-refractivity contribution in [1.29, 1.82) is 0 Å². The van der Waals surface area contributed by atoms with Gasteiger partial charge in [0.2, 0.25) is 0 Å². The molecule has 0 aliphatic carbocycles. The Bertz CT molecular complexity index is 694. The summed E-state index contributed by atoms with van der Waals surface area (Å²) in [6, 6.07) is 7.84. The smallest absolute Gasteiger partial charge is 0.256 e. The number of carbonyl (C=O) groups is 1. The maximum Gasteiger partial charge on any atom is 0.256 e. The van der Waals surface area contributed by atoms with Crippen LogP contribution in [0, 0.1) is 34.6 Å². The molecule has 0 aliphatic rings. The Balaban J connectivity index is 2.42. The van der Waals surface area contributed by atoms with Crippen LogP contribution < -0.4 is 11.1 Å². The predicted octanol–water partition coefficient (Wildman–Crippen LogP) is 4.06. The second kappa shape index (κ2) is 5.60. The Morgan fingerprint density at radius 2 is 1.52 bits per heavy atom. The summed E-state index contributed by atoms with van der Waals surface area (Å²) in [6.45, 7) is 9.86. The molecule has 0 radical (unpaired) electrons. The van der Waals surface area contributed by atoms with Gasteiger partial charge < -0.3 is 11.1 Å². The van der Waals surface area contributed by atoms with Crippen LogP contribution in [0.15, 0.2) is 24.3 Å². The Morgan fingerprint density at radius 3 is 2.10 bits per heavy atom. The monoisotopic (exact) mass is 282 g/mol. The predicted molar refractivity (Wildman–Crippen MR) is 88.9 cm³/mol. The molecule has 0 bridgehead atoms. The molecule has 0 fully saturated rings. The van der Waals surface area contributed by atoms with E-state index in [0.29, 0.717) is 5.69 Å². The Hall–Kier alpha value is -2.29. The van der Waals surface area contributed by atoms with Gasteiger partial charge in [-0.2, -0.15) is 0 Å². The standard InChI is InChI=1S/C18H22N2O/c1-10-8-12(3)16(13(4)9-10)18(21)20-17-11(2)6-7-15(19)14(17)5/h6-9H,19H2,1-5H3,(H,20,21). The van der Waals surface area contributed by atoms with Gasteiger partial charge in [0.1, 0.15) is 0 Å². The summed E-state index contributed by atoms with van der Waals surface area (Å²) in [7, 11) is 0. The molecular weight excluding hydrogens is 260 g/mol. The van der Waals surface area contributed by atoms with Crippen LogP contribution in [0.4, 0.5) is 11.4 Å². The van der Waals surface area contributed by atoms with Gasteiger partial charge in [-0.15, -0.1) is 0 Å². The maximum atomic E-state index is 12.6. The van der Waals surface area contributed by atoms with Crippen LogP contribution in [0.2, 0.25) is 0 Å². The van der Waals surface area contributed by atoms with Crippen molar-refractivity contribution in [3.8, 4) is 0 Å². The Morgan fingerprint density at radius 1 is 0.952 bits per heavy atom. The van der Waals surface area contributed by atoms with Crippen LogP contribution >= 0.6 is 0 Å². The van der Waals surface area contributed by atoms with Crippen molar-refractivity contribution < 1.29 is 4.79 Å². The normalized spacial score (nSPS) is 10.5. The first-order valence-corrected chi connectivity index (χ1v) is 7.06. The molecule has 21 heavy (non-hydrogen) atoms. The highest BCUT2D eigenvalue weighted by molar-refractivity contribution is 6.07. The molecule has 0 saturated carbocycles. The number of nitrogen functional groups attached to an aromatic ring is 1. The second-order valence-electron chi connectivity index (χ2n) is 5.70. The van der Waals surface area contributed by atoms with Gasteiger partial charge in [-0.1, -0.05) is 23.8 Å². The first-order valence-electron chi connectivity index (χ1n) is 7.06. The van der Waals surface area contributed by atoms with Crippen LogP contribution in [0.3, 0.4) is 0 Å². The van der Waals surface area contributed by atoms with E-state index in [9.17, 15) is 4.79 Å². The van der Waals surface area contributed by atoms with Crippen LogP contribution in [-0.4, -0.2) is 5.91 Å². The molecule has 3 nitrogen and oxygen atoms in total. The number of nitrogens with one attached hydrogen (secondary N) is 1. The number of hydrogen-bond donors (Lipinski definition) is 2. The first-order chi connectivity index (χ1) is 9.81. The summed E-state index contributed by atoms with van der Waals surface area (Å²) in [5.74, 6) is -0.0817. The van der Waals surface area contributed by atoms with Crippen molar-refractivity contribution in [3.63, 3.8) is 0 Å². The molecule has 0 saturated heterocycles. The Labute approximate surface area is 126 Å². The molecule has 0 atom stereocenters. The number of nitrogens with two attached hydrogens (primary N) is 1. The van der Waals surface area contributed by atoms with Gasteiger partial charge in [-0.05, 0) is 62.9 Å². The quantitative estimate of drug-likeness (QED) is 0.816. The van der Waals surface area contributed by atoms with E-state index in [-0.39, 0.29) is 5.91 Å². The van der Waals surface area contributed by atoms with Crippen molar-refractivity contribution in [1.82, 2.24) is 0 Å². The van der Waals surface area contributed by atoms with E-state index in [1.54, 1.807) is 0 Å². The highest BCUT2D eigenvalue weighted by Crippen LogP contribution is 2.26. The van der Waals surface area contributed by atoms with Crippen LogP contribution in [-0.2, 0) is 0 Å². The number of carbonyl (C=O) groups excluding carboxylic acids is 1. The molecule has 1 amide bonds. The zero-order valence-electron chi connectivity index (χ0n) is 13.3. The minimum Gasteiger partial charge on any atom is -0.398 e. The minimum atomic E-state index is -0.0817. The SMILES string of the molecule is Cc1cc(C)c(C(=O)Nc2c(C)ccc(N)c2C)c(C)c1. The molecule has 2 rings (SSSR count). The second-order valence-corrected chi connectivity index (χ2v) is 5.70. The van der Waals surface area contributed by atoms with Gasteiger partial charge in [-0.3, -0.25) is 4.79 Å². The van der Waals surface area contributed by atoms with Crippen molar-refractivity contribution in [2.45, 2.75) is 34.6 Å². The van der Waals surface area contributed by atoms with Gasteiger partial charge >= 0.3 is 0 Å². The van der Waals surface area contributed by atoms with Crippen molar-refractivity contribution in [2.24, 2.45) is 0 Å². The van der Waals surface area contributed by atoms with Crippen molar-refractivity contribution in [3.05, 3.63) is 57.6 Å². The van der Waals surface area contributed by atoms with Gasteiger partial charge in [-0.25, -0.2) is 0 Å². The topological polar surface area (TPSA) is 55.1 Å². The molecule has 3 N–H and O–H groups in total. The lowest BCUT2D eigenvalue weighted by molar-refractivity contribution is 0.102. The van der Waals surface area contributed by atoms with Gasteiger partial charge in [0, 0.05) is 16.9 Å². The zero-order valence-corrected chi connectivity index (χ0v) is 13.3. The maximum absolute atomic E-state index is 12.6.